The Morgan fingerprint density at radius 1 is 1.15 bits per heavy atom. The Kier molecular flexibility index (Phi) is 9.72. The monoisotopic (exact) mass is 539 g/mol. The summed E-state index contributed by atoms with van der Waals surface area (Å²) in [5, 5.41) is 2.58. The lowest BCUT2D eigenvalue weighted by Gasteiger charge is -2.29. The summed E-state index contributed by atoms with van der Waals surface area (Å²) in [6.07, 6.45) is 1.51. The van der Waals surface area contributed by atoms with Crippen molar-refractivity contribution in [3.8, 4) is 5.75 Å². The Labute approximate surface area is 204 Å². The highest BCUT2D eigenvalue weighted by atomic mass is 79.9. The summed E-state index contributed by atoms with van der Waals surface area (Å²) in [6.45, 7) is 2.06. The summed E-state index contributed by atoms with van der Waals surface area (Å²) < 4.78 is 32.1. The van der Waals surface area contributed by atoms with Crippen LogP contribution in [-0.4, -0.2) is 58.1 Å². The van der Waals surface area contributed by atoms with E-state index in [9.17, 15) is 18.0 Å². The maximum Gasteiger partial charge on any atom is 0.242 e. The summed E-state index contributed by atoms with van der Waals surface area (Å²) in [5.41, 5.74) is 1.34. The highest BCUT2D eigenvalue weighted by Crippen LogP contribution is 2.24. The smallest absolute Gasteiger partial charge is 0.242 e. The van der Waals surface area contributed by atoms with Gasteiger partial charge in [0.15, 0.2) is 0 Å². The molecule has 2 aromatic carbocycles. The van der Waals surface area contributed by atoms with Gasteiger partial charge in [-0.05, 0) is 43.2 Å². The van der Waals surface area contributed by atoms with Crippen LogP contribution in [0.5, 0.6) is 5.75 Å². The zero-order valence-corrected chi connectivity index (χ0v) is 21.6. The maximum atomic E-state index is 13.1. The van der Waals surface area contributed by atoms with E-state index >= 15 is 0 Å². The van der Waals surface area contributed by atoms with Gasteiger partial charge in [-0.25, -0.2) is 8.42 Å². The van der Waals surface area contributed by atoms with Gasteiger partial charge in [0.25, 0.3) is 0 Å². The summed E-state index contributed by atoms with van der Waals surface area (Å²) in [4.78, 5) is 26.9. The number of likely N-dealkylation sites (N-methyl/N-ethyl adjacent to an activating group) is 1. The molecule has 0 aromatic heterocycles. The zero-order valence-electron chi connectivity index (χ0n) is 19.2. The molecule has 0 unspecified atom stereocenters. The number of sulfonamides is 1. The predicted molar refractivity (Wildman–Crippen MR) is 133 cm³/mol. The van der Waals surface area contributed by atoms with E-state index < -0.39 is 16.1 Å². The minimum atomic E-state index is -3.56. The normalized spacial score (nSPS) is 12.0. The van der Waals surface area contributed by atoms with E-state index in [0.717, 1.165) is 16.3 Å². The molecule has 1 atom stereocenters. The fraction of sp³-hybridized carbons (Fsp3) is 0.391. The lowest BCUT2D eigenvalue weighted by Crippen LogP contribution is -2.46. The molecular weight excluding hydrogens is 510 g/mol. The van der Waals surface area contributed by atoms with Crippen molar-refractivity contribution in [1.82, 2.24) is 10.2 Å². The Morgan fingerprint density at radius 2 is 1.85 bits per heavy atom. The van der Waals surface area contributed by atoms with E-state index in [1.807, 2.05) is 24.3 Å². The fourth-order valence-electron chi connectivity index (χ4n) is 3.39. The number of rotatable bonds is 11. The van der Waals surface area contributed by atoms with Gasteiger partial charge < -0.3 is 15.0 Å². The third-order valence-electron chi connectivity index (χ3n) is 5.15. The molecule has 0 fully saturated rings. The molecular formula is C23H30BrN3O5S. The molecule has 0 aliphatic rings. The van der Waals surface area contributed by atoms with E-state index in [1.165, 1.54) is 23.4 Å². The molecule has 2 aromatic rings. The number of benzene rings is 2. The summed E-state index contributed by atoms with van der Waals surface area (Å²) in [5.74, 6) is 0.0366. The first-order chi connectivity index (χ1) is 15.6. The van der Waals surface area contributed by atoms with Crippen LogP contribution in [0.25, 0.3) is 0 Å². The molecule has 0 saturated heterocycles. The van der Waals surface area contributed by atoms with Crippen LogP contribution in [0.15, 0.2) is 53.0 Å². The van der Waals surface area contributed by atoms with Crippen molar-refractivity contribution in [2.75, 3.05) is 31.3 Å². The first kappa shape index (κ1) is 26.7. The average molecular weight is 540 g/mol. The van der Waals surface area contributed by atoms with Gasteiger partial charge in [0.1, 0.15) is 11.8 Å². The number of halogens is 1. The molecule has 0 saturated carbocycles. The summed E-state index contributed by atoms with van der Waals surface area (Å²) in [6, 6.07) is 13.6. The highest BCUT2D eigenvalue weighted by molar-refractivity contribution is 9.10. The molecule has 0 bridgehead atoms. The second-order valence-corrected chi connectivity index (χ2v) is 10.4. The number of carbonyl (C=O) groups excluding carboxylic acids is 2. The molecule has 2 rings (SSSR count). The zero-order chi connectivity index (χ0) is 24.6. The minimum Gasteiger partial charge on any atom is -0.497 e. The fourth-order valence-corrected chi connectivity index (χ4v) is 4.80. The number of hydrogen-bond acceptors (Lipinski definition) is 5. The number of nitrogens with one attached hydrogen (secondary N) is 1. The van der Waals surface area contributed by atoms with Crippen molar-refractivity contribution >= 4 is 43.5 Å². The lowest BCUT2D eigenvalue weighted by molar-refractivity contribution is -0.140. The Morgan fingerprint density at radius 3 is 2.45 bits per heavy atom. The molecule has 0 aliphatic heterocycles. The van der Waals surface area contributed by atoms with E-state index in [0.29, 0.717) is 17.9 Å². The molecule has 180 valence electrons. The highest BCUT2D eigenvalue weighted by Gasteiger charge is 2.26. The van der Waals surface area contributed by atoms with Gasteiger partial charge in [-0.15, -0.1) is 0 Å². The van der Waals surface area contributed by atoms with E-state index in [2.05, 4.69) is 21.2 Å². The van der Waals surface area contributed by atoms with Crippen molar-refractivity contribution in [2.24, 2.45) is 0 Å². The maximum absolute atomic E-state index is 13.1. The number of methoxy groups -OCH3 is 1. The number of carbonyl (C=O) groups is 2. The molecule has 0 aliphatic carbocycles. The topological polar surface area (TPSA) is 96.0 Å². The van der Waals surface area contributed by atoms with Crippen LogP contribution >= 0.6 is 15.9 Å². The molecule has 0 heterocycles. The van der Waals surface area contributed by atoms with E-state index in [4.69, 9.17) is 4.74 Å². The number of amides is 2. The number of hydrogen-bond donors (Lipinski definition) is 1. The molecule has 0 radical (unpaired) electrons. The third-order valence-corrected chi connectivity index (χ3v) is 6.84. The Bertz CT molecular complexity index is 1080. The third kappa shape index (κ3) is 7.75. The number of nitrogens with zero attached hydrogens (tertiary/aromatic N) is 2. The SMILES string of the molecule is CNC(=O)[C@@H](C)N(Cc1cccc(Br)c1)C(=O)CCCN(c1cccc(OC)c1)S(C)(=O)=O. The average Bonchev–Trinajstić information content (AvgIpc) is 2.78. The second kappa shape index (κ2) is 12.0. The molecule has 1 N–H and O–H groups in total. The van der Waals surface area contributed by atoms with Gasteiger partial charge in [-0.3, -0.25) is 13.9 Å². The van der Waals surface area contributed by atoms with Gasteiger partial charge >= 0.3 is 0 Å². The van der Waals surface area contributed by atoms with Crippen molar-refractivity contribution in [1.29, 1.82) is 0 Å². The van der Waals surface area contributed by atoms with Gasteiger partial charge in [0, 0.05) is 37.1 Å². The number of anilines is 1. The van der Waals surface area contributed by atoms with Crippen LogP contribution in [0, 0.1) is 0 Å². The van der Waals surface area contributed by atoms with Crippen LogP contribution in [0.1, 0.15) is 25.3 Å². The van der Waals surface area contributed by atoms with Crippen LogP contribution in [0.3, 0.4) is 0 Å². The van der Waals surface area contributed by atoms with Gasteiger partial charge in [-0.2, -0.15) is 0 Å². The lowest BCUT2D eigenvalue weighted by atomic mass is 10.1. The summed E-state index contributed by atoms with van der Waals surface area (Å²) >= 11 is 3.42. The van der Waals surface area contributed by atoms with Crippen LogP contribution in [-0.2, 0) is 26.2 Å². The van der Waals surface area contributed by atoms with E-state index in [1.54, 1.807) is 31.2 Å². The van der Waals surface area contributed by atoms with Crippen molar-refractivity contribution in [3.05, 3.63) is 58.6 Å². The Hall–Kier alpha value is -2.59. The van der Waals surface area contributed by atoms with Crippen LogP contribution < -0.4 is 14.4 Å². The molecule has 2 amide bonds. The molecule has 0 spiro atoms. The molecule has 10 heteroatoms. The van der Waals surface area contributed by atoms with Crippen molar-refractivity contribution in [3.63, 3.8) is 0 Å². The minimum absolute atomic E-state index is 0.0886. The predicted octanol–water partition coefficient (Wildman–Crippen LogP) is 3.17. The van der Waals surface area contributed by atoms with Gasteiger partial charge in [0.2, 0.25) is 21.8 Å². The van der Waals surface area contributed by atoms with Crippen LogP contribution in [0.4, 0.5) is 5.69 Å². The number of ether oxygens (including phenoxy) is 1. The standard InChI is InChI=1S/C23H30BrN3O5S/c1-17(23(29)25-2)26(16-18-8-5-9-19(24)14-18)22(28)12-7-13-27(33(4,30)31)20-10-6-11-21(15-20)32-3/h5-6,8-11,14-15,17H,7,12-13,16H2,1-4H3,(H,25,29)/t17-/m1/s1. The summed E-state index contributed by atoms with van der Waals surface area (Å²) in [7, 11) is -0.528. The first-order valence-corrected chi connectivity index (χ1v) is 13.1. The van der Waals surface area contributed by atoms with E-state index in [-0.39, 0.29) is 31.3 Å². The van der Waals surface area contributed by atoms with Gasteiger partial charge in [0.05, 0.1) is 19.1 Å². The molecule has 8 nitrogen and oxygen atoms in total. The largest absolute Gasteiger partial charge is 0.497 e. The van der Waals surface area contributed by atoms with Crippen molar-refractivity contribution in [2.45, 2.75) is 32.4 Å². The van der Waals surface area contributed by atoms with Gasteiger partial charge in [-0.1, -0.05) is 34.1 Å². The van der Waals surface area contributed by atoms with Crippen LogP contribution in [0.2, 0.25) is 0 Å². The first-order valence-electron chi connectivity index (χ1n) is 10.4. The second-order valence-electron chi connectivity index (χ2n) is 7.58. The molecule has 33 heavy (non-hydrogen) atoms. The Balaban J connectivity index is 2.15. The quantitative estimate of drug-likeness (QED) is 0.473. The van der Waals surface area contributed by atoms with Crippen molar-refractivity contribution < 1.29 is 22.7 Å².